The van der Waals surface area contributed by atoms with Crippen molar-refractivity contribution in [2.45, 2.75) is 106 Å². The van der Waals surface area contributed by atoms with Crippen molar-refractivity contribution in [1.29, 1.82) is 0 Å². The van der Waals surface area contributed by atoms with Crippen LogP contribution >= 0.6 is 11.8 Å². The van der Waals surface area contributed by atoms with E-state index in [-0.39, 0.29) is 24.6 Å². The Labute approximate surface area is 354 Å². The number of piperazine rings is 1. The van der Waals surface area contributed by atoms with Crippen molar-refractivity contribution in [3.05, 3.63) is 73.6 Å². The van der Waals surface area contributed by atoms with Gasteiger partial charge >= 0.3 is 6.09 Å². The van der Waals surface area contributed by atoms with E-state index in [0.717, 1.165) is 122 Å². The molecule has 0 spiro atoms. The summed E-state index contributed by atoms with van der Waals surface area (Å²) >= 11 is 1.81. The van der Waals surface area contributed by atoms with Gasteiger partial charge in [-0.1, -0.05) is 23.9 Å². The van der Waals surface area contributed by atoms with Gasteiger partial charge in [-0.15, -0.1) is 0 Å². The van der Waals surface area contributed by atoms with E-state index in [4.69, 9.17) is 34.4 Å². The fourth-order valence-corrected chi connectivity index (χ4v) is 11.1. The molecule has 5 aliphatic rings. The average Bonchev–Trinajstić information content (AvgIpc) is 4.08. The Hall–Kier alpha value is -5.02. The lowest BCUT2D eigenvalue weighted by Crippen LogP contribution is -2.51. The molecule has 310 valence electrons. The van der Waals surface area contributed by atoms with Crippen molar-refractivity contribution in [1.82, 2.24) is 39.3 Å². The molecule has 5 aliphatic heterocycles. The van der Waals surface area contributed by atoms with Gasteiger partial charge in [0.05, 0.1) is 47.2 Å². The Bertz CT molecular complexity index is 2440. The molecule has 6 aromatic rings. The van der Waals surface area contributed by atoms with E-state index in [1.165, 1.54) is 21.2 Å². The Balaban J connectivity index is 0.924. The smallest absolute Gasteiger partial charge is 0.410 e. The molecule has 0 aliphatic carbocycles. The van der Waals surface area contributed by atoms with Gasteiger partial charge in [0, 0.05) is 95.6 Å². The van der Waals surface area contributed by atoms with Gasteiger partial charge in [0.1, 0.15) is 5.60 Å². The number of amides is 1. The van der Waals surface area contributed by atoms with Gasteiger partial charge in [-0.25, -0.2) is 14.2 Å². The maximum atomic E-state index is 13.0. The van der Waals surface area contributed by atoms with Crippen molar-refractivity contribution < 1.29 is 19.0 Å². The third-order valence-electron chi connectivity index (χ3n) is 12.8. The minimum absolute atomic E-state index is 0.0613. The summed E-state index contributed by atoms with van der Waals surface area (Å²) in [6.07, 6.45) is 18.7. The summed E-state index contributed by atoms with van der Waals surface area (Å²) in [7, 11) is 0. The number of anilines is 2. The number of likely N-dealkylation sites (tertiary alicyclic amines) is 2. The number of ether oxygens (including phenoxy) is 3. The Morgan fingerprint density at radius 3 is 1.82 bits per heavy atom. The number of rotatable bonds is 7. The molecule has 0 N–H and O–H groups in total. The summed E-state index contributed by atoms with van der Waals surface area (Å²) in [6.45, 7) is 10.6. The monoisotopic (exact) mass is 825 g/mol. The molecule has 60 heavy (non-hydrogen) atoms. The molecule has 13 nitrogen and oxygen atoms in total. The van der Waals surface area contributed by atoms with Crippen molar-refractivity contribution >= 4 is 51.0 Å². The number of carbonyl (C=O) groups excluding carboxylic acids is 1. The van der Waals surface area contributed by atoms with Crippen LogP contribution in [0.3, 0.4) is 0 Å². The summed E-state index contributed by atoms with van der Waals surface area (Å²) < 4.78 is 22.0. The predicted molar refractivity (Wildman–Crippen MR) is 231 cm³/mol. The van der Waals surface area contributed by atoms with Crippen LogP contribution in [0.5, 0.6) is 0 Å². The van der Waals surface area contributed by atoms with E-state index in [1.54, 1.807) is 0 Å². The summed E-state index contributed by atoms with van der Waals surface area (Å²) in [6, 6.07) is 14.2. The Kier molecular flexibility index (Phi) is 9.58. The minimum atomic E-state index is -0.505. The Morgan fingerprint density at radius 1 is 0.733 bits per heavy atom. The van der Waals surface area contributed by atoms with Gasteiger partial charge in [0.2, 0.25) is 0 Å². The van der Waals surface area contributed by atoms with Gasteiger partial charge in [0.25, 0.3) is 0 Å². The van der Waals surface area contributed by atoms with Crippen LogP contribution < -0.4 is 4.90 Å². The third kappa shape index (κ3) is 6.81. The fraction of sp³-hybridized carbons (Fsp3) is 0.457. The van der Waals surface area contributed by atoms with Gasteiger partial charge in [-0.3, -0.25) is 14.9 Å². The second-order valence-electron chi connectivity index (χ2n) is 17.9. The molecule has 2 unspecified atom stereocenters. The van der Waals surface area contributed by atoms with Crippen LogP contribution in [0.15, 0.2) is 83.4 Å². The second kappa shape index (κ2) is 15.2. The number of carbonyl (C=O) groups is 1. The lowest BCUT2D eigenvalue weighted by Gasteiger charge is -2.38. The number of aromatic nitrogens is 6. The topological polar surface area (TPSA) is 116 Å². The quantitative estimate of drug-likeness (QED) is 0.153. The number of hydrogen-bond donors (Lipinski definition) is 0. The largest absolute Gasteiger partial charge is 0.444 e. The maximum Gasteiger partial charge on any atom is 0.410 e. The van der Waals surface area contributed by atoms with Crippen LogP contribution in [0.25, 0.3) is 44.1 Å². The number of fused-ring (bicyclic) bond motifs is 6. The van der Waals surface area contributed by atoms with Crippen LogP contribution in [0.2, 0.25) is 0 Å². The molecule has 4 aromatic heterocycles. The standard InChI is InChI=1S/C46H51N9O4S/c1-46(2,3)59-45(56)53-28-31-20-32(53)27-51(31)14-15-52-37-12-10-29(33-21-47-25-39-35(33)23-49-54(39)43-8-4-6-16-57-43)18-41(37)60-42-19-30(11-13-38(42)52)34-22-48-26-40-36(34)24-50-55(40)44-9-5-7-17-58-44/h10-13,18-19,21-26,31-32,43-44H,4-9,14-17,20,27-28H2,1-3H3/t31-,32-,43?,44?/m1/s1. The van der Waals surface area contributed by atoms with E-state index in [2.05, 4.69) is 46.2 Å². The van der Waals surface area contributed by atoms with Crippen LogP contribution in [0.1, 0.15) is 78.2 Å². The molecular formula is C46H51N9O4S. The third-order valence-corrected chi connectivity index (χ3v) is 13.9. The number of benzene rings is 2. The molecule has 0 saturated carbocycles. The molecule has 11 rings (SSSR count). The number of nitrogens with zero attached hydrogens (tertiary/aromatic N) is 9. The van der Waals surface area contributed by atoms with E-state index in [0.29, 0.717) is 12.6 Å². The van der Waals surface area contributed by atoms with Crippen molar-refractivity contribution in [3.63, 3.8) is 0 Å². The number of hydrogen-bond acceptors (Lipinski definition) is 11. The zero-order valence-corrected chi connectivity index (χ0v) is 35.3. The lowest BCUT2D eigenvalue weighted by molar-refractivity contribution is -0.0368. The van der Waals surface area contributed by atoms with E-state index < -0.39 is 5.60 Å². The van der Waals surface area contributed by atoms with Crippen molar-refractivity contribution in [2.24, 2.45) is 0 Å². The van der Waals surface area contributed by atoms with Crippen LogP contribution in [-0.4, -0.2) is 102 Å². The predicted octanol–water partition coefficient (Wildman–Crippen LogP) is 9.20. The molecule has 2 bridgehead atoms. The number of pyridine rings is 2. The van der Waals surface area contributed by atoms with Gasteiger partial charge < -0.3 is 24.0 Å². The van der Waals surface area contributed by atoms with Crippen molar-refractivity contribution in [2.75, 3.05) is 44.3 Å². The molecule has 1 amide bonds. The van der Waals surface area contributed by atoms with Gasteiger partial charge in [-0.05, 0) is 101 Å². The summed E-state index contributed by atoms with van der Waals surface area (Å²) in [4.78, 5) is 31.8. The lowest BCUT2D eigenvalue weighted by atomic mass is 10.0. The zero-order chi connectivity index (χ0) is 40.5. The van der Waals surface area contributed by atoms with Crippen LogP contribution in [0.4, 0.5) is 16.2 Å². The first-order valence-corrected chi connectivity index (χ1v) is 22.4. The normalized spacial score (nSPS) is 23.1. The zero-order valence-electron chi connectivity index (χ0n) is 34.5. The summed E-state index contributed by atoms with van der Waals surface area (Å²) in [5.74, 6) is 0. The van der Waals surface area contributed by atoms with Gasteiger partial charge in [-0.2, -0.15) is 10.2 Å². The fourth-order valence-electron chi connectivity index (χ4n) is 9.93. The summed E-state index contributed by atoms with van der Waals surface area (Å²) in [5.41, 5.74) is 8.18. The molecular weight excluding hydrogens is 775 g/mol. The first-order chi connectivity index (χ1) is 29.3. The Morgan fingerprint density at radius 2 is 1.32 bits per heavy atom. The van der Waals surface area contributed by atoms with E-state index in [1.807, 2.05) is 84.0 Å². The highest BCUT2D eigenvalue weighted by Gasteiger charge is 2.46. The SMILES string of the molecule is CC(C)(C)OC(=O)N1C[C@H]2C[C@@H]1CN2CCN1c2ccc(-c3cncc4c3cnn4C3CCCCO3)cc2Sc2cc(-c3cncc4c3cnn4C3CCCCO3)ccc21. The highest BCUT2D eigenvalue weighted by molar-refractivity contribution is 7.99. The molecule has 2 aromatic carbocycles. The van der Waals surface area contributed by atoms with Gasteiger partial charge in [0.15, 0.2) is 12.5 Å². The summed E-state index contributed by atoms with van der Waals surface area (Å²) in [5, 5.41) is 11.8. The molecule has 14 heteroatoms. The average molecular weight is 826 g/mol. The highest BCUT2D eigenvalue weighted by atomic mass is 32.2. The highest BCUT2D eigenvalue weighted by Crippen LogP contribution is 2.51. The maximum absolute atomic E-state index is 13.0. The minimum Gasteiger partial charge on any atom is -0.444 e. The molecule has 4 atom stereocenters. The molecule has 0 radical (unpaired) electrons. The molecule has 9 heterocycles. The van der Waals surface area contributed by atoms with Crippen LogP contribution in [0, 0.1) is 0 Å². The van der Waals surface area contributed by atoms with Crippen LogP contribution in [-0.2, 0) is 14.2 Å². The molecule has 4 saturated heterocycles. The molecule has 4 fully saturated rings. The van der Waals surface area contributed by atoms with Crippen molar-refractivity contribution in [3.8, 4) is 22.3 Å². The van der Waals surface area contributed by atoms with E-state index >= 15 is 0 Å². The second-order valence-corrected chi connectivity index (χ2v) is 18.9. The first kappa shape index (κ1) is 37.9. The van der Waals surface area contributed by atoms with E-state index in [9.17, 15) is 4.79 Å². The first-order valence-electron chi connectivity index (χ1n) is 21.6.